The second-order valence-electron chi connectivity index (χ2n) is 7.50. The fraction of sp³-hybridized carbons (Fsp3) is 0.208. The average molecular weight is 389 g/mol. The Balaban J connectivity index is 0.00000218. The Morgan fingerprint density at radius 2 is 1.79 bits per heavy atom. The zero-order valence-corrected chi connectivity index (χ0v) is 15.9. The summed E-state index contributed by atoms with van der Waals surface area (Å²) >= 11 is 0. The van der Waals surface area contributed by atoms with Gasteiger partial charge < -0.3 is 19.9 Å². The summed E-state index contributed by atoms with van der Waals surface area (Å²) in [4.78, 5) is 13.2. The first-order chi connectivity index (χ1) is 14.2. The first-order valence-corrected chi connectivity index (χ1v) is 9.70. The first kappa shape index (κ1) is 17.8. The number of benzene rings is 3. The molecule has 1 amide bonds. The summed E-state index contributed by atoms with van der Waals surface area (Å²) in [5.41, 5.74) is 3.89. The number of hydrogen-bond acceptors (Lipinski definition) is 4. The van der Waals surface area contributed by atoms with Crippen LogP contribution in [0.3, 0.4) is 0 Å². The Morgan fingerprint density at radius 3 is 2.55 bits per heavy atom. The summed E-state index contributed by atoms with van der Waals surface area (Å²) in [5, 5.41) is 12.8. The van der Waals surface area contributed by atoms with E-state index in [0.717, 1.165) is 46.5 Å². The Hall–Kier alpha value is -3.31. The number of nitrogens with one attached hydrogen (secondary N) is 1. The molecule has 0 aromatic heterocycles. The van der Waals surface area contributed by atoms with Crippen molar-refractivity contribution in [2.24, 2.45) is 0 Å². The van der Waals surface area contributed by atoms with Crippen molar-refractivity contribution in [1.29, 1.82) is 0 Å². The van der Waals surface area contributed by atoms with Gasteiger partial charge in [-0.15, -0.1) is 0 Å². The highest BCUT2D eigenvalue weighted by Gasteiger charge is 2.51. The van der Waals surface area contributed by atoms with Crippen LogP contribution in [0.15, 0.2) is 66.7 Å². The van der Waals surface area contributed by atoms with Crippen molar-refractivity contribution in [3.8, 4) is 22.6 Å². The molecule has 2 N–H and O–H groups in total. The Morgan fingerprint density at radius 1 is 1.00 bits per heavy atom. The number of rotatable bonds is 5. The molecule has 0 bridgehead atoms. The van der Waals surface area contributed by atoms with Crippen LogP contribution in [0.25, 0.3) is 11.1 Å². The van der Waals surface area contributed by atoms with Gasteiger partial charge in [-0.25, -0.2) is 0 Å². The van der Waals surface area contributed by atoms with Crippen molar-refractivity contribution < 1.29 is 20.8 Å². The lowest BCUT2D eigenvalue weighted by Crippen LogP contribution is -2.27. The normalized spacial score (nSPS) is 15.8. The average Bonchev–Trinajstić information content (AvgIpc) is 3.45. The lowest BCUT2D eigenvalue weighted by molar-refractivity contribution is -0.118. The molecule has 5 nitrogen and oxygen atoms in total. The van der Waals surface area contributed by atoms with Gasteiger partial charge in [-0.05, 0) is 59.4 Å². The number of hydrogen-bond donors (Lipinski definition) is 2. The van der Waals surface area contributed by atoms with Crippen LogP contribution in [0.1, 0.15) is 25.4 Å². The number of carbonyl (C=O) groups excluding carboxylic acids is 1. The number of fused-ring (bicyclic) bond motifs is 1. The van der Waals surface area contributed by atoms with E-state index in [1.165, 1.54) is 0 Å². The summed E-state index contributed by atoms with van der Waals surface area (Å²) in [6.45, 7) is 0.164. The van der Waals surface area contributed by atoms with E-state index in [0.29, 0.717) is 5.75 Å². The molecule has 0 unspecified atom stereocenters. The monoisotopic (exact) mass is 389 g/mol. The fourth-order valence-corrected chi connectivity index (χ4v) is 3.90. The molecule has 0 radical (unpaired) electrons. The van der Waals surface area contributed by atoms with Crippen LogP contribution in [0.2, 0.25) is 0 Å². The maximum atomic E-state index is 13.2. The highest BCUT2D eigenvalue weighted by Crippen LogP contribution is 2.51. The Kier molecular flexibility index (Phi) is 4.25. The summed E-state index contributed by atoms with van der Waals surface area (Å²) in [5.74, 6) is 1.39. The number of ether oxygens (including phenoxy) is 2. The van der Waals surface area contributed by atoms with E-state index in [-0.39, 0.29) is 20.7 Å². The third-order valence-corrected chi connectivity index (χ3v) is 5.73. The van der Waals surface area contributed by atoms with E-state index in [4.69, 9.17) is 9.47 Å². The predicted molar refractivity (Wildman–Crippen MR) is 112 cm³/mol. The van der Waals surface area contributed by atoms with Gasteiger partial charge in [0.05, 0.1) is 12.0 Å². The van der Waals surface area contributed by atoms with Crippen molar-refractivity contribution in [2.45, 2.75) is 24.9 Å². The summed E-state index contributed by atoms with van der Waals surface area (Å²) in [6.07, 6.45) is 1.61. The van der Waals surface area contributed by atoms with Gasteiger partial charge in [0.15, 0.2) is 11.5 Å². The molecule has 1 aliphatic heterocycles. The molecule has 148 valence electrons. The smallest absolute Gasteiger partial charge is 0.235 e. The maximum absolute atomic E-state index is 13.2. The zero-order chi connectivity index (χ0) is 19.8. The fourth-order valence-electron chi connectivity index (χ4n) is 3.90. The highest BCUT2D eigenvalue weighted by molar-refractivity contribution is 6.02. The molecule has 0 atom stereocenters. The molecule has 3 aromatic rings. The zero-order valence-electron chi connectivity index (χ0n) is 15.9. The Labute approximate surface area is 170 Å². The molecule has 0 saturated heterocycles. The maximum Gasteiger partial charge on any atom is 0.235 e. The minimum absolute atomic E-state index is 0. The number of anilines is 1. The SMILES string of the molecule is O=C(Nc1ccc(CO)c(-c2ccccc2)c1)C1(c2ccc3c(c2)OCO3)CC1.[HH]. The molecule has 0 spiro atoms. The summed E-state index contributed by atoms with van der Waals surface area (Å²) in [7, 11) is 0. The molecule has 1 heterocycles. The van der Waals surface area contributed by atoms with Gasteiger partial charge >= 0.3 is 0 Å². The molecule has 1 fully saturated rings. The van der Waals surface area contributed by atoms with Crippen molar-refractivity contribution in [1.82, 2.24) is 0 Å². The van der Waals surface area contributed by atoms with Crippen LogP contribution in [-0.4, -0.2) is 17.8 Å². The minimum atomic E-state index is -0.524. The van der Waals surface area contributed by atoms with Crippen LogP contribution in [0.5, 0.6) is 11.5 Å². The van der Waals surface area contributed by atoms with E-state index in [2.05, 4.69) is 5.32 Å². The minimum Gasteiger partial charge on any atom is -0.454 e. The Bertz CT molecular complexity index is 1080. The van der Waals surface area contributed by atoms with E-state index >= 15 is 0 Å². The van der Waals surface area contributed by atoms with Crippen LogP contribution in [0, 0.1) is 0 Å². The largest absolute Gasteiger partial charge is 0.454 e. The predicted octanol–water partition coefficient (Wildman–Crippen LogP) is 4.49. The molecular formula is C24H23NO4. The van der Waals surface area contributed by atoms with Gasteiger partial charge in [0.25, 0.3) is 0 Å². The van der Waals surface area contributed by atoms with Gasteiger partial charge in [-0.3, -0.25) is 4.79 Å². The molecular weight excluding hydrogens is 366 g/mol. The third-order valence-electron chi connectivity index (χ3n) is 5.73. The highest BCUT2D eigenvalue weighted by atomic mass is 16.7. The van der Waals surface area contributed by atoms with Gasteiger partial charge in [0.2, 0.25) is 12.7 Å². The second kappa shape index (κ2) is 6.94. The van der Waals surface area contributed by atoms with Crippen molar-refractivity contribution in [3.63, 3.8) is 0 Å². The standard InChI is InChI=1S/C24H21NO4.H2/c26-14-17-6-8-19(13-20(17)16-4-2-1-3-5-16)25-23(27)24(10-11-24)18-7-9-21-22(12-18)29-15-28-21;/h1-9,12-13,26H,10-11,14-15H2,(H,25,27);1H. The van der Waals surface area contributed by atoms with Crippen molar-refractivity contribution in [3.05, 3.63) is 77.9 Å². The van der Waals surface area contributed by atoms with Gasteiger partial charge in [0, 0.05) is 7.11 Å². The lowest BCUT2D eigenvalue weighted by Gasteiger charge is -2.17. The van der Waals surface area contributed by atoms with E-state index in [1.54, 1.807) is 0 Å². The number of aliphatic hydroxyl groups excluding tert-OH is 1. The van der Waals surface area contributed by atoms with Gasteiger partial charge in [0.1, 0.15) is 0 Å². The van der Waals surface area contributed by atoms with E-state index in [9.17, 15) is 9.90 Å². The summed E-state index contributed by atoms with van der Waals surface area (Å²) < 4.78 is 10.8. The molecule has 3 aromatic carbocycles. The molecule has 5 rings (SSSR count). The number of carbonyl (C=O) groups is 1. The van der Waals surface area contributed by atoms with Crippen LogP contribution >= 0.6 is 0 Å². The molecule has 1 aliphatic carbocycles. The van der Waals surface area contributed by atoms with Crippen LogP contribution in [-0.2, 0) is 16.8 Å². The van der Waals surface area contributed by atoms with Crippen molar-refractivity contribution in [2.75, 3.05) is 12.1 Å². The van der Waals surface area contributed by atoms with Gasteiger partial charge in [-0.2, -0.15) is 0 Å². The molecule has 29 heavy (non-hydrogen) atoms. The number of aliphatic hydroxyl groups is 1. The van der Waals surface area contributed by atoms with Crippen molar-refractivity contribution >= 4 is 11.6 Å². The third kappa shape index (κ3) is 3.13. The van der Waals surface area contributed by atoms with Crippen LogP contribution < -0.4 is 14.8 Å². The molecule has 2 aliphatic rings. The first-order valence-electron chi connectivity index (χ1n) is 9.70. The topological polar surface area (TPSA) is 67.8 Å². The number of amides is 1. The quantitative estimate of drug-likeness (QED) is 0.675. The molecule has 5 heteroatoms. The lowest BCUT2D eigenvalue weighted by atomic mass is 9.94. The molecule has 1 saturated carbocycles. The van der Waals surface area contributed by atoms with Gasteiger partial charge in [-0.1, -0.05) is 42.5 Å². The second-order valence-corrected chi connectivity index (χ2v) is 7.50. The summed E-state index contributed by atoms with van der Waals surface area (Å²) in [6, 6.07) is 21.2. The van der Waals surface area contributed by atoms with E-state index < -0.39 is 5.41 Å². The van der Waals surface area contributed by atoms with Crippen LogP contribution in [0.4, 0.5) is 5.69 Å². The van der Waals surface area contributed by atoms with E-state index in [1.807, 2.05) is 66.7 Å².